The van der Waals surface area contributed by atoms with E-state index in [1.165, 1.54) is 22.1 Å². The summed E-state index contributed by atoms with van der Waals surface area (Å²) in [6.07, 6.45) is 7.49. The first-order chi connectivity index (χ1) is 12.4. The number of rotatable bonds is 6. The average Bonchev–Trinajstić information content (AvgIpc) is 3.04. The minimum Gasteiger partial charge on any atom is -0.399 e. The number of halogens is 2. The van der Waals surface area contributed by atoms with Gasteiger partial charge in [-0.1, -0.05) is 19.4 Å². The SMILES string of the molecule is CCCCc1cc(N)cc(C2CCN(/C=C\C(=O)N3CC(F)(F)C3)C2)c1. The molecule has 0 aromatic heterocycles. The number of alkyl halides is 2. The summed E-state index contributed by atoms with van der Waals surface area (Å²) < 4.78 is 25.7. The maximum absolute atomic E-state index is 12.8. The van der Waals surface area contributed by atoms with Crippen molar-refractivity contribution in [2.75, 3.05) is 31.9 Å². The van der Waals surface area contributed by atoms with Crippen LogP contribution in [0.25, 0.3) is 0 Å². The van der Waals surface area contributed by atoms with E-state index in [-0.39, 0.29) is 5.91 Å². The molecule has 0 radical (unpaired) electrons. The molecule has 142 valence electrons. The van der Waals surface area contributed by atoms with Gasteiger partial charge in [-0.2, -0.15) is 0 Å². The predicted octanol–water partition coefficient (Wildman–Crippen LogP) is 3.39. The monoisotopic (exact) mass is 363 g/mol. The van der Waals surface area contributed by atoms with Crippen molar-refractivity contribution in [2.45, 2.75) is 44.4 Å². The highest BCUT2D eigenvalue weighted by molar-refractivity contribution is 5.88. The van der Waals surface area contributed by atoms with Crippen LogP contribution >= 0.6 is 0 Å². The molecule has 2 aliphatic rings. The van der Waals surface area contributed by atoms with Crippen LogP contribution in [-0.4, -0.2) is 47.8 Å². The molecule has 1 aromatic carbocycles. The highest BCUT2D eigenvalue weighted by Gasteiger charge is 2.45. The first-order valence-corrected chi connectivity index (χ1v) is 9.34. The number of carbonyl (C=O) groups is 1. The molecular weight excluding hydrogens is 336 g/mol. The van der Waals surface area contributed by atoms with E-state index in [0.29, 0.717) is 5.92 Å². The van der Waals surface area contributed by atoms with Gasteiger partial charge in [-0.05, 0) is 42.5 Å². The standard InChI is InChI=1S/C20H27F2N3O/c1-2-3-4-15-9-17(11-18(23)10-15)16-5-7-24(12-16)8-6-19(26)25-13-20(21,22)14-25/h6,8-11,16H,2-5,7,12-14,23H2,1H3/b8-6-. The van der Waals surface area contributed by atoms with E-state index in [9.17, 15) is 13.6 Å². The summed E-state index contributed by atoms with van der Waals surface area (Å²) in [6, 6.07) is 6.34. The Morgan fingerprint density at radius 1 is 1.35 bits per heavy atom. The quantitative estimate of drug-likeness (QED) is 0.623. The molecule has 1 unspecified atom stereocenters. The van der Waals surface area contributed by atoms with Crippen LogP contribution in [0.4, 0.5) is 14.5 Å². The number of benzene rings is 1. The molecule has 4 nitrogen and oxygen atoms in total. The average molecular weight is 363 g/mol. The Labute approximate surface area is 153 Å². The van der Waals surface area contributed by atoms with Crippen LogP contribution in [0.15, 0.2) is 30.5 Å². The Hall–Kier alpha value is -2.11. The van der Waals surface area contributed by atoms with Crippen LogP contribution in [0.3, 0.4) is 0 Å². The van der Waals surface area contributed by atoms with Crippen molar-refractivity contribution < 1.29 is 13.6 Å². The van der Waals surface area contributed by atoms with Gasteiger partial charge in [0, 0.05) is 37.0 Å². The van der Waals surface area contributed by atoms with Gasteiger partial charge < -0.3 is 15.5 Å². The third-order valence-electron chi connectivity index (χ3n) is 5.13. The molecule has 2 fully saturated rings. The lowest BCUT2D eigenvalue weighted by atomic mass is 9.94. The zero-order chi connectivity index (χ0) is 18.7. The Morgan fingerprint density at radius 3 is 2.81 bits per heavy atom. The number of anilines is 1. The van der Waals surface area contributed by atoms with Crippen molar-refractivity contribution in [3.05, 3.63) is 41.6 Å². The number of amides is 1. The van der Waals surface area contributed by atoms with Crippen molar-refractivity contribution in [3.8, 4) is 0 Å². The lowest BCUT2D eigenvalue weighted by Crippen LogP contribution is -2.58. The van der Waals surface area contributed by atoms with E-state index < -0.39 is 19.0 Å². The first kappa shape index (κ1) is 18.7. The largest absolute Gasteiger partial charge is 0.399 e. The number of nitrogen functional groups attached to an aromatic ring is 1. The molecule has 2 heterocycles. The van der Waals surface area contributed by atoms with E-state index in [1.54, 1.807) is 6.20 Å². The molecule has 0 bridgehead atoms. The zero-order valence-electron chi connectivity index (χ0n) is 15.3. The Balaban J connectivity index is 1.56. The summed E-state index contributed by atoms with van der Waals surface area (Å²) in [5, 5.41) is 0. The summed E-state index contributed by atoms with van der Waals surface area (Å²) >= 11 is 0. The number of hydrogen-bond donors (Lipinski definition) is 1. The summed E-state index contributed by atoms with van der Waals surface area (Å²) in [5.41, 5.74) is 9.40. The molecule has 1 atom stereocenters. The van der Waals surface area contributed by atoms with E-state index in [4.69, 9.17) is 5.73 Å². The van der Waals surface area contributed by atoms with E-state index in [2.05, 4.69) is 17.9 Å². The van der Waals surface area contributed by atoms with Crippen LogP contribution in [0, 0.1) is 0 Å². The topological polar surface area (TPSA) is 49.6 Å². The molecule has 2 aliphatic heterocycles. The second kappa shape index (κ2) is 7.64. The lowest BCUT2D eigenvalue weighted by Gasteiger charge is -2.38. The van der Waals surface area contributed by atoms with Crippen LogP contribution in [0.5, 0.6) is 0 Å². The fourth-order valence-corrected chi connectivity index (χ4v) is 3.64. The maximum atomic E-state index is 12.8. The third-order valence-corrected chi connectivity index (χ3v) is 5.13. The van der Waals surface area contributed by atoms with Gasteiger partial charge in [-0.25, -0.2) is 8.78 Å². The molecule has 6 heteroatoms. The van der Waals surface area contributed by atoms with E-state index >= 15 is 0 Å². The molecule has 26 heavy (non-hydrogen) atoms. The number of likely N-dealkylation sites (tertiary alicyclic amines) is 2. The van der Waals surface area contributed by atoms with Gasteiger partial charge in [0.05, 0.1) is 13.1 Å². The van der Waals surface area contributed by atoms with Crippen LogP contribution in [0.1, 0.15) is 43.2 Å². The Bertz CT molecular complexity index is 682. The maximum Gasteiger partial charge on any atom is 0.282 e. The van der Waals surface area contributed by atoms with Gasteiger partial charge in [0.15, 0.2) is 0 Å². The van der Waals surface area contributed by atoms with Gasteiger partial charge >= 0.3 is 0 Å². The van der Waals surface area contributed by atoms with Crippen molar-refractivity contribution >= 4 is 11.6 Å². The van der Waals surface area contributed by atoms with Gasteiger partial charge in [-0.15, -0.1) is 0 Å². The Morgan fingerprint density at radius 2 is 2.12 bits per heavy atom. The van der Waals surface area contributed by atoms with Gasteiger partial charge in [0.25, 0.3) is 5.92 Å². The van der Waals surface area contributed by atoms with Gasteiger partial charge in [-0.3, -0.25) is 4.79 Å². The van der Waals surface area contributed by atoms with Gasteiger partial charge in [0.2, 0.25) is 5.91 Å². The highest BCUT2D eigenvalue weighted by Crippen LogP contribution is 2.30. The molecule has 1 aromatic rings. The smallest absolute Gasteiger partial charge is 0.282 e. The number of carbonyl (C=O) groups excluding carboxylic acids is 1. The fourth-order valence-electron chi connectivity index (χ4n) is 3.64. The molecular formula is C20H27F2N3O. The molecule has 3 rings (SSSR count). The van der Waals surface area contributed by atoms with Crippen LogP contribution < -0.4 is 5.73 Å². The molecule has 2 N–H and O–H groups in total. The summed E-state index contributed by atoms with van der Waals surface area (Å²) in [7, 11) is 0. The lowest BCUT2D eigenvalue weighted by molar-refractivity contribution is -0.160. The fraction of sp³-hybridized carbons (Fsp3) is 0.550. The Kier molecular flexibility index (Phi) is 5.49. The third kappa shape index (κ3) is 4.54. The second-order valence-electron chi connectivity index (χ2n) is 7.46. The van der Waals surface area contributed by atoms with Crippen molar-refractivity contribution in [1.29, 1.82) is 0 Å². The predicted molar refractivity (Wildman–Crippen MR) is 99.1 cm³/mol. The minimum atomic E-state index is -2.72. The molecule has 0 saturated carbocycles. The van der Waals surface area contributed by atoms with Crippen LogP contribution in [0.2, 0.25) is 0 Å². The highest BCUT2D eigenvalue weighted by atomic mass is 19.3. The molecule has 1 amide bonds. The summed E-state index contributed by atoms with van der Waals surface area (Å²) in [5.74, 6) is -2.68. The molecule has 2 saturated heterocycles. The van der Waals surface area contributed by atoms with Crippen molar-refractivity contribution in [3.63, 3.8) is 0 Å². The van der Waals surface area contributed by atoms with Gasteiger partial charge in [0.1, 0.15) is 0 Å². The van der Waals surface area contributed by atoms with Crippen LogP contribution in [-0.2, 0) is 11.2 Å². The number of hydrogen-bond acceptors (Lipinski definition) is 3. The molecule has 0 spiro atoms. The first-order valence-electron chi connectivity index (χ1n) is 9.34. The number of aryl methyl sites for hydroxylation is 1. The minimum absolute atomic E-state index is 0.342. The molecule has 0 aliphatic carbocycles. The summed E-state index contributed by atoms with van der Waals surface area (Å²) in [4.78, 5) is 15.1. The van der Waals surface area contributed by atoms with E-state index in [0.717, 1.165) is 44.5 Å². The number of unbranched alkanes of at least 4 members (excludes halogenated alkanes) is 1. The van der Waals surface area contributed by atoms with Crippen molar-refractivity contribution in [2.24, 2.45) is 0 Å². The number of nitrogens with two attached hydrogens (primary N) is 1. The second-order valence-corrected chi connectivity index (χ2v) is 7.46. The van der Waals surface area contributed by atoms with Crippen molar-refractivity contribution in [1.82, 2.24) is 9.80 Å². The van der Waals surface area contributed by atoms with E-state index in [1.807, 2.05) is 12.1 Å². The zero-order valence-corrected chi connectivity index (χ0v) is 15.3. The normalized spacial score (nSPS) is 22.0. The number of nitrogens with zero attached hydrogens (tertiary/aromatic N) is 2. The summed E-state index contributed by atoms with van der Waals surface area (Å²) in [6.45, 7) is 2.91.